The van der Waals surface area contributed by atoms with Crippen molar-refractivity contribution in [2.45, 2.75) is 0 Å². The Kier molecular flexibility index (Phi) is 3.49. The van der Waals surface area contributed by atoms with Gasteiger partial charge in [-0.2, -0.15) is 5.26 Å². The van der Waals surface area contributed by atoms with Crippen LogP contribution in [0.5, 0.6) is 0 Å². The third-order valence-electron chi connectivity index (χ3n) is 1.34. The molecule has 0 amide bonds. The first-order valence-corrected chi connectivity index (χ1v) is 6.47. The van der Waals surface area contributed by atoms with E-state index >= 15 is 0 Å². The van der Waals surface area contributed by atoms with Gasteiger partial charge in [-0.05, 0) is 28.1 Å². The average Bonchev–Trinajstić information content (AvgIpc) is 2.08. The van der Waals surface area contributed by atoms with Crippen molar-refractivity contribution in [3.05, 3.63) is 28.5 Å². The summed E-state index contributed by atoms with van der Waals surface area (Å²) in [6.07, 6.45) is 4.70. The van der Waals surface area contributed by atoms with E-state index < -0.39 is 9.71 Å². The molecule has 1 rings (SSSR count). The number of nitrogens with one attached hydrogen (secondary N) is 1. The number of halogens is 1. The van der Waals surface area contributed by atoms with Crippen molar-refractivity contribution in [1.82, 2.24) is 9.71 Å². The molecule has 1 aromatic heterocycles. The van der Waals surface area contributed by atoms with E-state index in [1.165, 1.54) is 11.6 Å². The Balaban J connectivity index is 3.04. The first-order valence-electron chi connectivity index (χ1n) is 3.65. The van der Waals surface area contributed by atoms with Crippen molar-refractivity contribution >= 4 is 31.0 Å². The third kappa shape index (κ3) is 3.36. The lowest BCUT2D eigenvalue weighted by Gasteiger charge is -2.00. The molecule has 14 heavy (non-hydrogen) atoms. The third-order valence-corrected chi connectivity index (χ3v) is 3.00. The minimum Gasteiger partial charge on any atom is -0.255 e. The van der Waals surface area contributed by atoms with Crippen LogP contribution in [0.2, 0.25) is 0 Å². The molecule has 1 aromatic rings. The first kappa shape index (κ1) is 11.0. The second-order valence-corrected chi connectivity index (χ2v) is 5.80. The normalized spacial score (nSPS) is 13.8. The predicted octanol–water partition coefficient (Wildman–Crippen LogP) is 0.894. The molecule has 1 unspecified atom stereocenters. The van der Waals surface area contributed by atoms with E-state index in [1.54, 1.807) is 24.5 Å². The second-order valence-electron chi connectivity index (χ2n) is 2.64. The van der Waals surface area contributed by atoms with Crippen LogP contribution in [-0.2, 0) is 9.71 Å². The molecule has 0 aliphatic heterocycles. The summed E-state index contributed by atoms with van der Waals surface area (Å²) in [5.74, 6) is 0. The number of nitrogens with zero attached hydrogens (tertiary/aromatic N) is 2. The second kappa shape index (κ2) is 4.44. The highest BCUT2D eigenvalue weighted by molar-refractivity contribution is 9.10. The van der Waals surface area contributed by atoms with E-state index in [1.807, 2.05) is 0 Å². The molecule has 1 atom stereocenters. The zero-order chi connectivity index (χ0) is 10.6. The van der Waals surface area contributed by atoms with Crippen molar-refractivity contribution in [3.8, 4) is 6.19 Å². The molecule has 6 heteroatoms. The largest absolute Gasteiger partial charge is 0.255 e. The summed E-state index contributed by atoms with van der Waals surface area (Å²) in [6, 6.07) is 3.51. The van der Waals surface area contributed by atoms with Crippen LogP contribution in [0.4, 0.5) is 0 Å². The highest BCUT2D eigenvalue weighted by Crippen LogP contribution is 2.06. The van der Waals surface area contributed by atoms with Crippen LogP contribution in [0.1, 0.15) is 5.69 Å². The fourth-order valence-corrected chi connectivity index (χ4v) is 1.88. The van der Waals surface area contributed by atoms with Gasteiger partial charge in [0.1, 0.15) is 0 Å². The standard InChI is InChI=1S/C8H8BrN3OS/c1-14(13,12-6-10)5-8-3-2-7(9)4-11-8/h2-5H,1H3,(H,12,13). The molecule has 0 saturated carbocycles. The van der Waals surface area contributed by atoms with Crippen LogP contribution in [0, 0.1) is 11.5 Å². The summed E-state index contributed by atoms with van der Waals surface area (Å²) < 4.78 is 14.7. The zero-order valence-electron chi connectivity index (χ0n) is 7.40. The van der Waals surface area contributed by atoms with Gasteiger partial charge in [0.15, 0.2) is 6.19 Å². The number of pyridine rings is 1. The summed E-state index contributed by atoms with van der Waals surface area (Å²) >= 11 is 3.24. The zero-order valence-corrected chi connectivity index (χ0v) is 9.80. The van der Waals surface area contributed by atoms with Crippen LogP contribution in [-0.4, -0.2) is 20.8 Å². The van der Waals surface area contributed by atoms with E-state index in [9.17, 15) is 4.21 Å². The number of hydrogen-bond donors (Lipinski definition) is 1. The van der Waals surface area contributed by atoms with Crippen molar-refractivity contribution in [3.63, 3.8) is 0 Å². The van der Waals surface area contributed by atoms with Crippen molar-refractivity contribution in [1.29, 1.82) is 5.26 Å². The molecule has 1 N–H and O–H groups in total. The highest BCUT2D eigenvalue weighted by Gasteiger charge is 1.98. The molecule has 4 nitrogen and oxygen atoms in total. The van der Waals surface area contributed by atoms with Crippen molar-refractivity contribution in [2.24, 2.45) is 0 Å². The van der Waals surface area contributed by atoms with E-state index in [2.05, 4.69) is 25.6 Å². The summed E-state index contributed by atoms with van der Waals surface area (Å²) in [6.45, 7) is 0. The molecule has 0 bridgehead atoms. The monoisotopic (exact) mass is 273 g/mol. The van der Waals surface area contributed by atoms with Gasteiger partial charge in [-0.15, -0.1) is 0 Å². The Hall–Kier alpha value is -1.06. The summed E-state index contributed by atoms with van der Waals surface area (Å²) in [5.41, 5.74) is 0.573. The fourth-order valence-electron chi connectivity index (χ4n) is 0.807. The van der Waals surface area contributed by atoms with Crippen molar-refractivity contribution in [2.75, 3.05) is 6.26 Å². The Labute approximate surface area is 91.2 Å². The molecule has 0 radical (unpaired) electrons. The summed E-state index contributed by atoms with van der Waals surface area (Å²) in [4.78, 5) is 4.01. The number of aromatic nitrogens is 1. The smallest absolute Gasteiger partial charge is 0.188 e. The van der Waals surface area contributed by atoms with Gasteiger partial charge in [0.2, 0.25) is 0 Å². The molecule has 0 saturated heterocycles. The molecule has 0 fully saturated rings. The summed E-state index contributed by atoms with van der Waals surface area (Å²) in [7, 11) is -2.46. The Bertz CT molecular complexity index is 468. The lowest BCUT2D eigenvalue weighted by molar-refractivity contribution is 0.682. The van der Waals surface area contributed by atoms with Gasteiger partial charge in [-0.1, -0.05) is 0 Å². The maximum atomic E-state index is 11.6. The number of hydrogen-bond acceptors (Lipinski definition) is 3. The van der Waals surface area contributed by atoms with Gasteiger partial charge in [0, 0.05) is 22.3 Å². The molecule has 0 spiro atoms. The molecule has 0 aliphatic carbocycles. The molecule has 74 valence electrons. The van der Waals surface area contributed by atoms with Crippen LogP contribution in [0.15, 0.2) is 22.8 Å². The van der Waals surface area contributed by atoms with E-state index in [0.717, 1.165) is 4.47 Å². The molecule has 0 aromatic carbocycles. The van der Waals surface area contributed by atoms with Crippen LogP contribution >= 0.6 is 15.9 Å². The maximum absolute atomic E-state index is 11.6. The SMILES string of the molecule is CS(=O)(=Cc1ccc(Br)cn1)NC#N. The van der Waals surface area contributed by atoms with Crippen molar-refractivity contribution < 1.29 is 4.21 Å². The molecular formula is C8H8BrN3OS. The topological polar surface area (TPSA) is 65.8 Å². The van der Waals surface area contributed by atoms with E-state index in [4.69, 9.17) is 5.26 Å². The van der Waals surface area contributed by atoms with Gasteiger partial charge in [-0.25, -0.2) is 8.93 Å². The Morgan fingerprint density at radius 2 is 2.43 bits per heavy atom. The highest BCUT2D eigenvalue weighted by atomic mass is 79.9. The van der Waals surface area contributed by atoms with Gasteiger partial charge >= 0.3 is 0 Å². The fraction of sp³-hybridized carbons (Fsp3) is 0.125. The minimum atomic E-state index is -2.46. The Morgan fingerprint density at radius 1 is 1.71 bits per heavy atom. The number of rotatable bonds is 2. The van der Waals surface area contributed by atoms with E-state index in [0.29, 0.717) is 5.69 Å². The first-order chi connectivity index (χ1) is 6.53. The maximum Gasteiger partial charge on any atom is 0.188 e. The number of nitriles is 1. The molecular weight excluding hydrogens is 266 g/mol. The van der Waals surface area contributed by atoms with Crippen LogP contribution in [0.25, 0.3) is 0 Å². The van der Waals surface area contributed by atoms with Gasteiger partial charge in [0.05, 0.1) is 15.4 Å². The predicted molar refractivity (Wildman–Crippen MR) is 59.9 cm³/mol. The van der Waals surface area contributed by atoms with E-state index in [-0.39, 0.29) is 0 Å². The lowest BCUT2D eigenvalue weighted by Crippen LogP contribution is -2.19. The average molecular weight is 274 g/mol. The van der Waals surface area contributed by atoms with Gasteiger partial charge in [-0.3, -0.25) is 4.98 Å². The quantitative estimate of drug-likeness (QED) is 0.495. The molecule has 1 heterocycles. The van der Waals surface area contributed by atoms with Crippen LogP contribution in [0.3, 0.4) is 0 Å². The molecule has 0 aliphatic rings. The Morgan fingerprint density at radius 3 is 2.93 bits per heavy atom. The minimum absolute atomic E-state index is 0.573. The van der Waals surface area contributed by atoms with Gasteiger partial charge < -0.3 is 0 Å². The lowest BCUT2D eigenvalue weighted by atomic mass is 10.4. The van der Waals surface area contributed by atoms with Gasteiger partial charge in [0.25, 0.3) is 0 Å². The summed E-state index contributed by atoms with van der Waals surface area (Å²) in [5, 5.41) is 9.77. The van der Waals surface area contributed by atoms with Crippen LogP contribution < -0.4 is 4.72 Å².